The maximum Gasteiger partial charge on any atom is 0.200 e. The topological polar surface area (TPSA) is 109 Å². The van der Waals surface area contributed by atoms with E-state index >= 15 is 0 Å². The summed E-state index contributed by atoms with van der Waals surface area (Å²) in [6, 6.07) is 1.70. The first-order chi connectivity index (χ1) is 14.9. The standard InChI is InChI=1S/C24H30O7/c1-24(28)9-4-7-15-19-16(31-23(15)24)11-17-20(22(19)29-13-5-2-3-6-13)21(27)14(8-10-25)18(12-26)30-17/h11,13,15,23,25-26,28H,2-10,12H2,1H3/t15-,23-,24-/m0/s1. The lowest BCUT2D eigenvalue weighted by molar-refractivity contribution is -0.0725. The van der Waals surface area contributed by atoms with E-state index in [0.29, 0.717) is 28.9 Å². The Morgan fingerprint density at radius 3 is 2.68 bits per heavy atom. The van der Waals surface area contributed by atoms with Crippen LogP contribution in [0.15, 0.2) is 15.3 Å². The number of aliphatic hydroxyl groups is 3. The molecular weight excluding hydrogens is 400 g/mol. The van der Waals surface area contributed by atoms with Crippen LogP contribution in [0.5, 0.6) is 11.5 Å². The zero-order chi connectivity index (χ0) is 21.8. The van der Waals surface area contributed by atoms with Crippen LogP contribution in [-0.4, -0.2) is 39.7 Å². The van der Waals surface area contributed by atoms with Crippen LogP contribution in [0.3, 0.4) is 0 Å². The maximum absolute atomic E-state index is 13.5. The SMILES string of the molecule is C[C@]1(O)CCC[C@H]2c3c(cc4oc(CO)c(CCO)c(=O)c4c3OC3CCCC3)O[C@@H]21. The van der Waals surface area contributed by atoms with Gasteiger partial charge in [-0.1, -0.05) is 0 Å². The molecule has 0 unspecified atom stereocenters. The van der Waals surface area contributed by atoms with Gasteiger partial charge in [-0.25, -0.2) is 0 Å². The molecule has 3 N–H and O–H groups in total. The van der Waals surface area contributed by atoms with Crippen molar-refractivity contribution in [3.8, 4) is 11.5 Å². The third kappa shape index (κ3) is 3.34. The molecule has 2 heterocycles. The van der Waals surface area contributed by atoms with Crippen LogP contribution in [0.1, 0.15) is 74.7 Å². The molecule has 0 saturated heterocycles. The zero-order valence-electron chi connectivity index (χ0n) is 17.9. The molecule has 31 heavy (non-hydrogen) atoms. The van der Waals surface area contributed by atoms with Crippen LogP contribution in [0.4, 0.5) is 0 Å². The molecule has 3 aliphatic rings. The Morgan fingerprint density at radius 2 is 1.97 bits per heavy atom. The van der Waals surface area contributed by atoms with E-state index in [2.05, 4.69) is 0 Å². The van der Waals surface area contributed by atoms with E-state index in [0.717, 1.165) is 44.1 Å². The summed E-state index contributed by atoms with van der Waals surface area (Å²) in [5.41, 5.74) is 0.194. The van der Waals surface area contributed by atoms with Gasteiger partial charge in [0.2, 0.25) is 0 Å². The van der Waals surface area contributed by atoms with Crippen LogP contribution >= 0.6 is 0 Å². The molecule has 1 aliphatic heterocycles. The monoisotopic (exact) mass is 430 g/mol. The Morgan fingerprint density at radius 1 is 1.19 bits per heavy atom. The minimum absolute atomic E-state index is 0.0241. The highest BCUT2D eigenvalue weighted by molar-refractivity contribution is 5.89. The average molecular weight is 430 g/mol. The van der Waals surface area contributed by atoms with Crippen molar-refractivity contribution in [2.75, 3.05) is 6.61 Å². The Kier molecular flexibility index (Phi) is 5.23. The summed E-state index contributed by atoms with van der Waals surface area (Å²) in [7, 11) is 0. The summed E-state index contributed by atoms with van der Waals surface area (Å²) in [6.07, 6.45) is 6.15. The largest absolute Gasteiger partial charge is 0.489 e. The number of aliphatic hydroxyl groups excluding tert-OH is 2. The molecule has 0 bridgehead atoms. The Bertz CT molecular complexity index is 1050. The van der Waals surface area contributed by atoms with Crippen LogP contribution in [0.2, 0.25) is 0 Å². The fourth-order valence-electron chi connectivity index (χ4n) is 5.68. The van der Waals surface area contributed by atoms with Crippen LogP contribution < -0.4 is 14.9 Å². The smallest absolute Gasteiger partial charge is 0.200 e. The van der Waals surface area contributed by atoms with Gasteiger partial charge in [0.1, 0.15) is 40.9 Å². The third-order valence-corrected chi connectivity index (χ3v) is 7.21. The summed E-state index contributed by atoms with van der Waals surface area (Å²) < 4.78 is 18.7. The molecule has 2 aromatic rings. The minimum atomic E-state index is -0.964. The van der Waals surface area contributed by atoms with Crippen molar-refractivity contribution in [1.29, 1.82) is 0 Å². The summed E-state index contributed by atoms with van der Waals surface area (Å²) >= 11 is 0. The van der Waals surface area contributed by atoms with Crippen LogP contribution in [0, 0.1) is 0 Å². The lowest BCUT2D eigenvalue weighted by Crippen LogP contribution is -2.47. The summed E-state index contributed by atoms with van der Waals surface area (Å²) in [4.78, 5) is 13.5. The lowest BCUT2D eigenvalue weighted by atomic mass is 9.74. The molecule has 0 amide bonds. The van der Waals surface area contributed by atoms with E-state index < -0.39 is 18.3 Å². The van der Waals surface area contributed by atoms with Crippen molar-refractivity contribution in [3.63, 3.8) is 0 Å². The van der Waals surface area contributed by atoms with Gasteiger partial charge in [0.15, 0.2) is 5.43 Å². The number of fused-ring (bicyclic) bond motifs is 4. The molecular formula is C24H30O7. The molecule has 2 aliphatic carbocycles. The van der Waals surface area contributed by atoms with E-state index in [4.69, 9.17) is 13.9 Å². The lowest BCUT2D eigenvalue weighted by Gasteiger charge is -2.37. The van der Waals surface area contributed by atoms with E-state index in [9.17, 15) is 20.1 Å². The highest BCUT2D eigenvalue weighted by Gasteiger charge is 2.50. The van der Waals surface area contributed by atoms with Gasteiger partial charge in [-0.2, -0.15) is 0 Å². The quantitative estimate of drug-likeness (QED) is 0.669. The van der Waals surface area contributed by atoms with Gasteiger partial charge in [-0.15, -0.1) is 0 Å². The van der Waals surface area contributed by atoms with Crippen molar-refractivity contribution in [1.82, 2.24) is 0 Å². The normalized spacial score (nSPS) is 27.9. The van der Waals surface area contributed by atoms with Crippen molar-refractivity contribution in [2.45, 2.75) is 88.6 Å². The Labute approximate surface area is 180 Å². The van der Waals surface area contributed by atoms with Gasteiger partial charge < -0.3 is 29.2 Å². The first-order valence-electron chi connectivity index (χ1n) is 11.4. The second-order valence-corrected chi connectivity index (χ2v) is 9.37. The summed E-state index contributed by atoms with van der Waals surface area (Å²) in [5, 5.41) is 30.5. The molecule has 1 aromatic carbocycles. The maximum atomic E-state index is 13.5. The number of rotatable bonds is 5. The second kappa shape index (κ2) is 7.80. The second-order valence-electron chi connectivity index (χ2n) is 9.37. The summed E-state index contributed by atoms with van der Waals surface area (Å²) in [6.45, 7) is 1.15. The number of hydrogen-bond acceptors (Lipinski definition) is 7. The predicted octanol–water partition coefficient (Wildman–Crippen LogP) is 2.92. The molecule has 2 saturated carbocycles. The first-order valence-corrected chi connectivity index (χ1v) is 11.4. The van der Waals surface area contributed by atoms with Crippen molar-refractivity contribution in [3.05, 3.63) is 33.2 Å². The number of ether oxygens (including phenoxy) is 2. The molecule has 168 valence electrons. The van der Waals surface area contributed by atoms with E-state index in [1.807, 2.05) is 0 Å². The van der Waals surface area contributed by atoms with Gasteiger partial charge in [0.25, 0.3) is 0 Å². The van der Waals surface area contributed by atoms with Crippen molar-refractivity contribution in [2.24, 2.45) is 0 Å². The molecule has 3 atom stereocenters. The minimum Gasteiger partial charge on any atom is -0.489 e. The number of benzene rings is 1. The molecule has 0 spiro atoms. The van der Waals surface area contributed by atoms with E-state index in [1.54, 1.807) is 13.0 Å². The van der Waals surface area contributed by atoms with Crippen molar-refractivity contribution < 1.29 is 29.2 Å². The molecule has 2 fully saturated rings. The van der Waals surface area contributed by atoms with Gasteiger partial charge in [-0.3, -0.25) is 4.79 Å². The van der Waals surface area contributed by atoms with Gasteiger partial charge in [0, 0.05) is 36.1 Å². The van der Waals surface area contributed by atoms with Gasteiger partial charge in [0.05, 0.1) is 11.7 Å². The Hall–Kier alpha value is -2.09. The van der Waals surface area contributed by atoms with Crippen molar-refractivity contribution >= 4 is 11.0 Å². The van der Waals surface area contributed by atoms with Crippen LogP contribution in [0.25, 0.3) is 11.0 Å². The molecule has 7 nitrogen and oxygen atoms in total. The number of hydrogen-bond donors (Lipinski definition) is 3. The molecule has 7 heteroatoms. The third-order valence-electron chi connectivity index (χ3n) is 7.21. The highest BCUT2D eigenvalue weighted by atomic mass is 16.5. The fraction of sp³-hybridized carbons (Fsp3) is 0.625. The highest BCUT2D eigenvalue weighted by Crippen LogP contribution is 2.54. The summed E-state index contributed by atoms with van der Waals surface area (Å²) in [5.74, 6) is 1.18. The average Bonchev–Trinajstić information content (AvgIpc) is 3.38. The first kappa shape index (κ1) is 20.8. The van der Waals surface area contributed by atoms with Gasteiger partial charge >= 0.3 is 0 Å². The molecule has 5 rings (SSSR count). The predicted molar refractivity (Wildman–Crippen MR) is 114 cm³/mol. The van der Waals surface area contributed by atoms with Gasteiger partial charge in [-0.05, 0) is 51.9 Å². The molecule has 1 aromatic heterocycles. The zero-order valence-corrected chi connectivity index (χ0v) is 17.9. The Balaban J connectivity index is 1.76. The fourth-order valence-corrected chi connectivity index (χ4v) is 5.68. The van der Waals surface area contributed by atoms with E-state index in [1.165, 1.54) is 0 Å². The van der Waals surface area contributed by atoms with Crippen LogP contribution in [-0.2, 0) is 13.0 Å². The molecule has 0 radical (unpaired) electrons. The van der Waals surface area contributed by atoms with E-state index in [-0.39, 0.29) is 41.8 Å².